The van der Waals surface area contributed by atoms with Crippen LogP contribution in [0.3, 0.4) is 0 Å². The van der Waals surface area contributed by atoms with Crippen LogP contribution in [0.25, 0.3) is 0 Å². The third-order valence-electron chi connectivity index (χ3n) is 1.87. The lowest BCUT2D eigenvalue weighted by molar-refractivity contribution is -0.137. The van der Waals surface area contributed by atoms with Crippen LogP contribution in [0.5, 0.6) is 0 Å². The molecule has 0 spiro atoms. The highest BCUT2D eigenvalue weighted by atomic mass is 35.5. The molecule has 3 nitrogen and oxygen atoms in total. The SMILES string of the molecule is Cl.O=C(O)CC[C@@H]1CCCN1. The molecular weight excluding hydrogens is 166 g/mol. The van der Waals surface area contributed by atoms with Crippen molar-refractivity contribution < 1.29 is 9.90 Å². The molecule has 0 aromatic carbocycles. The van der Waals surface area contributed by atoms with Crippen LogP contribution < -0.4 is 5.32 Å². The van der Waals surface area contributed by atoms with Crippen molar-refractivity contribution in [3.63, 3.8) is 0 Å². The summed E-state index contributed by atoms with van der Waals surface area (Å²) in [7, 11) is 0. The number of carbonyl (C=O) groups is 1. The van der Waals surface area contributed by atoms with Gasteiger partial charge >= 0.3 is 5.97 Å². The molecule has 0 aromatic heterocycles. The van der Waals surface area contributed by atoms with E-state index in [1.807, 2.05) is 0 Å². The van der Waals surface area contributed by atoms with Crippen molar-refractivity contribution in [1.82, 2.24) is 5.32 Å². The predicted octanol–water partition coefficient (Wildman–Crippen LogP) is 1.02. The summed E-state index contributed by atoms with van der Waals surface area (Å²) in [5.74, 6) is -0.686. The Kier molecular flexibility index (Phi) is 5.24. The number of hydrogen-bond acceptors (Lipinski definition) is 2. The summed E-state index contributed by atoms with van der Waals surface area (Å²) in [5.41, 5.74) is 0. The van der Waals surface area contributed by atoms with Crippen LogP contribution in [0.1, 0.15) is 25.7 Å². The van der Waals surface area contributed by atoms with E-state index in [1.54, 1.807) is 0 Å². The third-order valence-corrected chi connectivity index (χ3v) is 1.87. The Labute approximate surface area is 72.6 Å². The van der Waals surface area contributed by atoms with Crippen molar-refractivity contribution >= 4 is 18.4 Å². The van der Waals surface area contributed by atoms with Crippen LogP contribution in [0.2, 0.25) is 0 Å². The molecule has 0 unspecified atom stereocenters. The second-order valence-electron chi connectivity index (χ2n) is 2.73. The van der Waals surface area contributed by atoms with Crippen LogP contribution in [0, 0.1) is 0 Å². The molecule has 2 N–H and O–H groups in total. The van der Waals surface area contributed by atoms with Crippen molar-refractivity contribution in [2.24, 2.45) is 0 Å². The number of rotatable bonds is 3. The summed E-state index contributed by atoms with van der Waals surface area (Å²) in [6, 6.07) is 0.469. The van der Waals surface area contributed by atoms with E-state index < -0.39 is 5.97 Å². The molecule has 4 heteroatoms. The highest BCUT2D eigenvalue weighted by Crippen LogP contribution is 2.09. The first-order valence-electron chi connectivity index (χ1n) is 3.74. The Balaban J connectivity index is 0.000001000. The molecule has 66 valence electrons. The monoisotopic (exact) mass is 179 g/mol. The van der Waals surface area contributed by atoms with Gasteiger partial charge in [-0.15, -0.1) is 12.4 Å². The highest BCUT2D eigenvalue weighted by molar-refractivity contribution is 5.85. The second-order valence-corrected chi connectivity index (χ2v) is 2.73. The zero-order valence-corrected chi connectivity index (χ0v) is 7.19. The number of halogens is 1. The molecule has 11 heavy (non-hydrogen) atoms. The molecule has 0 aliphatic carbocycles. The minimum atomic E-state index is -0.686. The van der Waals surface area contributed by atoms with Gasteiger partial charge in [0.25, 0.3) is 0 Å². The molecular formula is C7H14ClNO2. The largest absolute Gasteiger partial charge is 0.481 e. The van der Waals surface area contributed by atoms with Gasteiger partial charge in [-0.05, 0) is 25.8 Å². The molecule has 0 saturated carbocycles. The summed E-state index contributed by atoms with van der Waals surface area (Å²) in [6.45, 7) is 1.06. The van der Waals surface area contributed by atoms with Crippen molar-refractivity contribution in [2.75, 3.05) is 6.54 Å². The Morgan fingerprint density at radius 2 is 2.36 bits per heavy atom. The van der Waals surface area contributed by atoms with Gasteiger partial charge in [0, 0.05) is 12.5 Å². The summed E-state index contributed by atoms with van der Waals surface area (Å²) in [4.78, 5) is 10.1. The van der Waals surface area contributed by atoms with Gasteiger partial charge in [-0.25, -0.2) is 0 Å². The molecule has 0 aromatic rings. The van der Waals surface area contributed by atoms with E-state index in [4.69, 9.17) is 5.11 Å². The molecule has 1 atom stereocenters. The maximum absolute atomic E-state index is 10.1. The molecule has 1 fully saturated rings. The number of carboxylic acids is 1. The standard InChI is InChI=1S/C7H13NO2.ClH/c9-7(10)4-3-6-2-1-5-8-6;/h6,8H,1-5H2,(H,9,10);1H/t6-;/m0./s1. The first kappa shape index (κ1) is 10.7. The second kappa shape index (κ2) is 5.38. The minimum Gasteiger partial charge on any atom is -0.481 e. The first-order valence-corrected chi connectivity index (χ1v) is 3.74. The zero-order chi connectivity index (χ0) is 7.40. The topological polar surface area (TPSA) is 49.3 Å². The molecule has 1 heterocycles. The van der Waals surface area contributed by atoms with E-state index in [2.05, 4.69) is 5.32 Å². The number of carboxylic acid groups (broad SMARTS) is 1. The van der Waals surface area contributed by atoms with Gasteiger partial charge < -0.3 is 10.4 Å². The summed E-state index contributed by atoms with van der Waals surface area (Å²) in [6.07, 6.45) is 3.44. The van der Waals surface area contributed by atoms with E-state index in [-0.39, 0.29) is 12.4 Å². The fraction of sp³-hybridized carbons (Fsp3) is 0.857. The molecule has 0 radical (unpaired) electrons. The van der Waals surface area contributed by atoms with Crippen LogP contribution in [-0.2, 0) is 4.79 Å². The molecule has 0 bridgehead atoms. The van der Waals surface area contributed by atoms with Gasteiger partial charge in [0.1, 0.15) is 0 Å². The maximum Gasteiger partial charge on any atom is 0.303 e. The molecule has 1 aliphatic rings. The lowest BCUT2D eigenvalue weighted by Gasteiger charge is -2.05. The fourth-order valence-electron chi connectivity index (χ4n) is 1.30. The van der Waals surface area contributed by atoms with E-state index in [0.717, 1.165) is 19.4 Å². The summed E-state index contributed by atoms with van der Waals surface area (Å²) < 4.78 is 0. The van der Waals surface area contributed by atoms with Crippen molar-refractivity contribution in [2.45, 2.75) is 31.7 Å². The average molecular weight is 180 g/mol. The summed E-state index contributed by atoms with van der Waals surface area (Å²) in [5, 5.41) is 11.6. The smallest absolute Gasteiger partial charge is 0.303 e. The van der Waals surface area contributed by atoms with E-state index in [9.17, 15) is 4.79 Å². The Bertz CT molecular complexity index is 124. The van der Waals surface area contributed by atoms with Gasteiger partial charge in [-0.1, -0.05) is 0 Å². The van der Waals surface area contributed by atoms with Gasteiger partial charge in [0.15, 0.2) is 0 Å². The predicted molar refractivity (Wildman–Crippen MR) is 45.1 cm³/mol. The third kappa shape index (κ3) is 4.22. The number of aliphatic carboxylic acids is 1. The van der Waals surface area contributed by atoms with Crippen LogP contribution >= 0.6 is 12.4 Å². The summed E-state index contributed by atoms with van der Waals surface area (Å²) >= 11 is 0. The van der Waals surface area contributed by atoms with Gasteiger partial charge in [-0.3, -0.25) is 4.79 Å². The zero-order valence-electron chi connectivity index (χ0n) is 6.38. The molecule has 1 saturated heterocycles. The van der Waals surface area contributed by atoms with Crippen molar-refractivity contribution in [3.8, 4) is 0 Å². The molecule has 1 aliphatic heterocycles. The van der Waals surface area contributed by atoms with Crippen molar-refractivity contribution in [3.05, 3.63) is 0 Å². The fourth-order valence-corrected chi connectivity index (χ4v) is 1.30. The number of hydrogen-bond donors (Lipinski definition) is 2. The molecule has 0 amide bonds. The average Bonchev–Trinajstić information content (AvgIpc) is 2.34. The van der Waals surface area contributed by atoms with E-state index in [1.165, 1.54) is 6.42 Å². The first-order chi connectivity index (χ1) is 4.79. The van der Waals surface area contributed by atoms with Crippen molar-refractivity contribution in [1.29, 1.82) is 0 Å². The van der Waals surface area contributed by atoms with Crippen LogP contribution in [-0.4, -0.2) is 23.7 Å². The quantitative estimate of drug-likeness (QED) is 0.681. The van der Waals surface area contributed by atoms with Gasteiger partial charge in [0.2, 0.25) is 0 Å². The lowest BCUT2D eigenvalue weighted by atomic mass is 10.1. The lowest BCUT2D eigenvalue weighted by Crippen LogP contribution is -2.21. The Morgan fingerprint density at radius 1 is 1.64 bits per heavy atom. The highest BCUT2D eigenvalue weighted by Gasteiger charge is 2.14. The van der Waals surface area contributed by atoms with Crippen LogP contribution in [0.4, 0.5) is 0 Å². The Hall–Kier alpha value is -0.280. The van der Waals surface area contributed by atoms with E-state index in [0.29, 0.717) is 12.5 Å². The number of nitrogens with one attached hydrogen (secondary N) is 1. The van der Waals surface area contributed by atoms with Gasteiger partial charge in [-0.2, -0.15) is 0 Å². The normalized spacial score (nSPS) is 22.7. The minimum absolute atomic E-state index is 0. The van der Waals surface area contributed by atoms with E-state index >= 15 is 0 Å². The Morgan fingerprint density at radius 3 is 2.82 bits per heavy atom. The van der Waals surface area contributed by atoms with Gasteiger partial charge in [0.05, 0.1) is 0 Å². The van der Waals surface area contributed by atoms with Crippen LogP contribution in [0.15, 0.2) is 0 Å². The molecule has 1 rings (SSSR count). The maximum atomic E-state index is 10.1.